The highest BCUT2D eigenvalue weighted by atomic mass is 16.3. The molecule has 0 radical (unpaired) electrons. The molecule has 1 rings (SSSR count). The fraction of sp³-hybridized carbons (Fsp3) is 0.857. The predicted molar refractivity (Wildman–Crippen MR) is 73.4 cm³/mol. The van der Waals surface area contributed by atoms with E-state index in [1.165, 1.54) is 25.7 Å². The first-order chi connectivity index (χ1) is 9.19. The van der Waals surface area contributed by atoms with Crippen molar-refractivity contribution in [3.63, 3.8) is 0 Å². The summed E-state index contributed by atoms with van der Waals surface area (Å²) in [6.07, 6.45) is 5.71. The molecular weight excluding hydrogens is 242 g/mol. The Hall–Kier alpha value is -1.12. The molecule has 0 aromatic rings. The molecule has 1 aliphatic carbocycles. The van der Waals surface area contributed by atoms with Crippen LogP contribution in [0.3, 0.4) is 0 Å². The zero-order chi connectivity index (χ0) is 14.1. The Morgan fingerprint density at radius 3 is 2.58 bits per heavy atom. The van der Waals surface area contributed by atoms with Gasteiger partial charge in [0.15, 0.2) is 0 Å². The molecule has 1 fully saturated rings. The summed E-state index contributed by atoms with van der Waals surface area (Å²) in [6.45, 7) is 2.01. The van der Waals surface area contributed by atoms with Gasteiger partial charge in [-0.3, -0.25) is 9.69 Å². The molecule has 0 bridgehead atoms. The van der Waals surface area contributed by atoms with Gasteiger partial charge in [-0.1, -0.05) is 12.8 Å². The average Bonchev–Trinajstić information content (AvgIpc) is 2.94. The van der Waals surface area contributed by atoms with E-state index in [2.05, 4.69) is 4.90 Å². The summed E-state index contributed by atoms with van der Waals surface area (Å²) < 4.78 is 0. The molecule has 0 heterocycles. The molecule has 0 saturated heterocycles. The lowest BCUT2D eigenvalue weighted by molar-refractivity contribution is -0.130. The fourth-order valence-electron chi connectivity index (χ4n) is 2.65. The van der Waals surface area contributed by atoms with Crippen LogP contribution >= 0.6 is 0 Å². The van der Waals surface area contributed by atoms with Gasteiger partial charge in [-0.2, -0.15) is 5.26 Å². The standard InChI is InChI=1S/C14H25N3O2/c1-16(9-4-8-15)14(19)7-10-17(11-12-18)13-5-2-3-6-13/h13,18H,2-7,9-12H2,1H3. The Morgan fingerprint density at radius 1 is 1.32 bits per heavy atom. The first kappa shape index (κ1) is 15.9. The zero-order valence-corrected chi connectivity index (χ0v) is 11.8. The molecule has 0 unspecified atom stereocenters. The largest absolute Gasteiger partial charge is 0.395 e. The van der Waals surface area contributed by atoms with Crippen molar-refractivity contribution in [2.45, 2.75) is 44.6 Å². The van der Waals surface area contributed by atoms with Crippen LogP contribution in [0.25, 0.3) is 0 Å². The van der Waals surface area contributed by atoms with E-state index in [4.69, 9.17) is 10.4 Å². The third-order valence-corrected chi connectivity index (χ3v) is 3.83. The lowest BCUT2D eigenvalue weighted by Crippen LogP contribution is -2.39. The highest BCUT2D eigenvalue weighted by molar-refractivity contribution is 5.76. The Balaban J connectivity index is 2.34. The Labute approximate surface area is 115 Å². The highest BCUT2D eigenvalue weighted by Gasteiger charge is 2.22. The fourth-order valence-corrected chi connectivity index (χ4v) is 2.65. The second-order valence-corrected chi connectivity index (χ2v) is 5.17. The van der Waals surface area contributed by atoms with E-state index in [-0.39, 0.29) is 12.5 Å². The van der Waals surface area contributed by atoms with Crippen LogP contribution in [0, 0.1) is 11.3 Å². The minimum atomic E-state index is 0.0798. The van der Waals surface area contributed by atoms with Crippen LogP contribution < -0.4 is 0 Å². The lowest BCUT2D eigenvalue weighted by Gasteiger charge is -2.28. The van der Waals surface area contributed by atoms with Gasteiger partial charge in [0.25, 0.3) is 0 Å². The molecule has 0 atom stereocenters. The number of aliphatic hydroxyl groups is 1. The molecule has 1 aliphatic rings. The first-order valence-electron chi connectivity index (χ1n) is 7.15. The number of hydrogen-bond donors (Lipinski definition) is 1. The van der Waals surface area contributed by atoms with E-state index >= 15 is 0 Å². The van der Waals surface area contributed by atoms with Crippen LogP contribution in [-0.4, -0.2) is 60.1 Å². The normalized spacial score (nSPS) is 15.7. The van der Waals surface area contributed by atoms with Crippen molar-refractivity contribution in [2.75, 3.05) is 33.3 Å². The molecule has 5 nitrogen and oxygen atoms in total. The zero-order valence-electron chi connectivity index (χ0n) is 11.8. The quantitative estimate of drug-likeness (QED) is 0.712. The smallest absolute Gasteiger partial charge is 0.223 e. The van der Waals surface area contributed by atoms with Crippen molar-refractivity contribution in [1.82, 2.24) is 9.80 Å². The minimum absolute atomic E-state index is 0.0798. The molecule has 5 heteroatoms. The summed E-state index contributed by atoms with van der Waals surface area (Å²) in [6, 6.07) is 2.58. The number of amides is 1. The second-order valence-electron chi connectivity index (χ2n) is 5.17. The Morgan fingerprint density at radius 2 is 2.00 bits per heavy atom. The van der Waals surface area contributed by atoms with Crippen LogP contribution in [0.15, 0.2) is 0 Å². The lowest BCUT2D eigenvalue weighted by atomic mass is 10.2. The summed E-state index contributed by atoms with van der Waals surface area (Å²) in [4.78, 5) is 15.8. The van der Waals surface area contributed by atoms with E-state index in [1.807, 2.05) is 6.07 Å². The SMILES string of the molecule is CN(CCC#N)C(=O)CCN(CCO)C1CCCC1. The second kappa shape index (κ2) is 8.89. The number of carbonyl (C=O) groups excluding carboxylic acids is 1. The maximum Gasteiger partial charge on any atom is 0.223 e. The minimum Gasteiger partial charge on any atom is -0.395 e. The summed E-state index contributed by atoms with van der Waals surface area (Å²) in [5, 5.41) is 17.6. The molecule has 19 heavy (non-hydrogen) atoms. The highest BCUT2D eigenvalue weighted by Crippen LogP contribution is 2.23. The van der Waals surface area contributed by atoms with Crippen molar-refractivity contribution in [3.05, 3.63) is 0 Å². The topological polar surface area (TPSA) is 67.6 Å². The molecule has 108 valence electrons. The molecule has 1 saturated carbocycles. The van der Waals surface area contributed by atoms with Crippen molar-refractivity contribution < 1.29 is 9.90 Å². The molecule has 1 N–H and O–H groups in total. The molecular formula is C14H25N3O2. The van der Waals surface area contributed by atoms with E-state index in [0.29, 0.717) is 38.5 Å². The van der Waals surface area contributed by atoms with Crippen molar-refractivity contribution in [3.8, 4) is 6.07 Å². The number of nitrogens with zero attached hydrogens (tertiary/aromatic N) is 3. The van der Waals surface area contributed by atoms with Gasteiger partial charge in [-0.15, -0.1) is 0 Å². The third-order valence-electron chi connectivity index (χ3n) is 3.83. The number of nitriles is 1. The van der Waals surface area contributed by atoms with Gasteiger partial charge in [0, 0.05) is 39.1 Å². The van der Waals surface area contributed by atoms with Gasteiger partial charge >= 0.3 is 0 Å². The number of aliphatic hydroxyl groups excluding tert-OH is 1. The third kappa shape index (κ3) is 5.58. The first-order valence-corrected chi connectivity index (χ1v) is 7.15. The van der Waals surface area contributed by atoms with Crippen molar-refractivity contribution in [2.24, 2.45) is 0 Å². The predicted octanol–water partition coefficient (Wildman–Crippen LogP) is 0.985. The summed E-state index contributed by atoms with van der Waals surface area (Å²) >= 11 is 0. The average molecular weight is 267 g/mol. The van der Waals surface area contributed by atoms with Gasteiger partial charge in [0.1, 0.15) is 0 Å². The van der Waals surface area contributed by atoms with Crippen molar-refractivity contribution in [1.29, 1.82) is 5.26 Å². The summed E-state index contributed by atoms with van der Waals surface area (Å²) in [5.74, 6) is 0.0798. The van der Waals surface area contributed by atoms with Gasteiger partial charge < -0.3 is 10.0 Å². The molecule has 0 spiro atoms. The molecule has 0 aromatic heterocycles. The van der Waals surface area contributed by atoms with Crippen LogP contribution in [0.1, 0.15) is 38.5 Å². The van der Waals surface area contributed by atoms with Gasteiger partial charge in [0.2, 0.25) is 5.91 Å². The summed E-state index contributed by atoms with van der Waals surface area (Å²) in [7, 11) is 1.74. The van der Waals surface area contributed by atoms with Crippen molar-refractivity contribution >= 4 is 5.91 Å². The molecule has 0 aromatic carbocycles. The van der Waals surface area contributed by atoms with Gasteiger partial charge in [-0.25, -0.2) is 0 Å². The maximum atomic E-state index is 11.9. The van der Waals surface area contributed by atoms with Crippen LogP contribution in [0.2, 0.25) is 0 Å². The maximum absolute atomic E-state index is 11.9. The van der Waals surface area contributed by atoms with E-state index < -0.39 is 0 Å². The van der Waals surface area contributed by atoms with E-state index in [9.17, 15) is 4.79 Å². The summed E-state index contributed by atoms with van der Waals surface area (Å²) in [5.41, 5.74) is 0. The number of rotatable bonds is 8. The van der Waals surface area contributed by atoms with Crippen LogP contribution in [0.4, 0.5) is 0 Å². The van der Waals surface area contributed by atoms with Gasteiger partial charge in [-0.05, 0) is 12.8 Å². The molecule has 0 aliphatic heterocycles. The van der Waals surface area contributed by atoms with Crippen LogP contribution in [0.5, 0.6) is 0 Å². The Kier molecular flexibility index (Phi) is 7.46. The van der Waals surface area contributed by atoms with Crippen LogP contribution in [-0.2, 0) is 4.79 Å². The van der Waals surface area contributed by atoms with E-state index in [1.54, 1.807) is 11.9 Å². The number of hydrogen-bond acceptors (Lipinski definition) is 4. The number of carbonyl (C=O) groups is 1. The monoisotopic (exact) mass is 267 g/mol. The Bertz CT molecular complexity index is 308. The van der Waals surface area contributed by atoms with E-state index in [0.717, 1.165) is 0 Å². The van der Waals surface area contributed by atoms with Gasteiger partial charge in [0.05, 0.1) is 19.1 Å². The molecule has 1 amide bonds.